The second-order valence-electron chi connectivity index (χ2n) is 6.42. The van der Waals surface area contributed by atoms with Crippen molar-refractivity contribution < 1.29 is 36.3 Å². The molecule has 2 aromatic carbocycles. The van der Waals surface area contributed by atoms with Crippen molar-refractivity contribution in [1.29, 1.82) is 0 Å². The lowest BCUT2D eigenvalue weighted by Crippen LogP contribution is -2.13. The summed E-state index contributed by atoms with van der Waals surface area (Å²) in [5.74, 6) is -2.45. The molecule has 0 saturated carbocycles. The first kappa shape index (κ1) is 22.7. The molecular formula is C22H12Cl2O8S. The molecule has 0 amide bonds. The molecule has 0 aliphatic rings. The second-order valence-corrected chi connectivity index (χ2v) is 9.15. The van der Waals surface area contributed by atoms with Gasteiger partial charge in [0.25, 0.3) is 0 Å². The lowest BCUT2D eigenvalue weighted by molar-refractivity contribution is 0.0682. The number of rotatable bonds is 6. The normalized spacial score (nSPS) is 11.2. The number of hydrogen-bond donors (Lipinski definition) is 0. The summed E-state index contributed by atoms with van der Waals surface area (Å²) in [7, 11) is -4.30. The third kappa shape index (κ3) is 4.80. The molecule has 0 aliphatic heterocycles. The van der Waals surface area contributed by atoms with Crippen LogP contribution in [-0.4, -0.2) is 20.4 Å². The fraction of sp³-hybridized carbons (Fsp3) is 0. The number of furan rings is 2. The van der Waals surface area contributed by atoms with Gasteiger partial charge in [0.2, 0.25) is 21.4 Å². The zero-order valence-electron chi connectivity index (χ0n) is 16.4. The van der Waals surface area contributed by atoms with Crippen molar-refractivity contribution in [3.05, 3.63) is 94.8 Å². The van der Waals surface area contributed by atoms with Gasteiger partial charge < -0.3 is 18.3 Å². The van der Waals surface area contributed by atoms with Crippen molar-refractivity contribution in [2.24, 2.45) is 0 Å². The Kier molecular flexibility index (Phi) is 6.28. The molecule has 11 heteroatoms. The molecule has 0 bridgehead atoms. The largest absolute Gasteiger partial charge is 0.457 e. The van der Waals surface area contributed by atoms with Crippen LogP contribution < -0.4 is 9.47 Å². The van der Waals surface area contributed by atoms with E-state index in [0.29, 0.717) is 0 Å². The van der Waals surface area contributed by atoms with E-state index in [2.05, 4.69) is 0 Å². The molecule has 0 atom stereocenters. The van der Waals surface area contributed by atoms with Crippen LogP contribution in [0.2, 0.25) is 10.0 Å². The fourth-order valence-electron chi connectivity index (χ4n) is 2.71. The molecule has 0 radical (unpaired) electrons. The Bertz CT molecular complexity index is 1430. The highest BCUT2D eigenvalue weighted by molar-refractivity contribution is 7.91. The van der Waals surface area contributed by atoms with Gasteiger partial charge in [0.05, 0.1) is 27.5 Å². The Morgan fingerprint density at radius 3 is 1.97 bits per heavy atom. The van der Waals surface area contributed by atoms with E-state index < -0.39 is 26.7 Å². The molecule has 2 heterocycles. The summed E-state index contributed by atoms with van der Waals surface area (Å²) < 4.78 is 47.2. The van der Waals surface area contributed by atoms with Gasteiger partial charge in [-0.1, -0.05) is 23.2 Å². The summed E-state index contributed by atoms with van der Waals surface area (Å²) in [6.07, 6.45) is 2.55. The SMILES string of the molecule is O=C(Oc1ccc(OC(=O)c2ccco2)c(S(=O)(=O)c2ccc(Cl)c(Cl)c2)c1)c1ccco1. The molecule has 4 aromatic rings. The van der Waals surface area contributed by atoms with Gasteiger partial charge in [0, 0.05) is 6.07 Å². The van der Waals surface area contributed by atoms with Gasteiger partial charge in [-0.25, -0.2) is 18.0 Å². The molecule has 0 unspecified atom stereocenters. The van der Waals surface area contributed by atoms with Crippen LogP contribution in [0.1, 0.15) is 21.1 Å². The molecular weight excluding hydrogens is 495 g/mol. The van der Waals surface area contributed by atoms with Gasteiger partial charge in [-0.05, 0) is 54.6 Å². The Morgan fingerprint density at radius 1 is 0.758 bits per heavy atom. The maximum atomic E-state index is 13.4. The highest BCUT2D eigenvalue weighted by atomic mass is 35.5. The van der Waals surface area contributed by atoms with Gasteiger partial charge in [0.1, 0.15) is 10.6 Å². The molecule has 168 valence electrons. The first-order valence-electron chi connectivity index (χ1n) is 9.11. The summed E-state index contributed by atoms with van der Waals surface area (Å²) in [6, 6.07) is 12.9. The maximum Gasteiger partial charge on any atom is 0.379 e. The molecule has 0 aliphatic carbocycles. The Labute approximate surface area is 197 Å². The van der Waals surface area contributed by atoms with E-state index in [4.69, 9.17) is 41.5 Å². The maximum absolute atomic E-state index is 13.4. The minimum Gasteiger partial charge on any atom is -0.457 e. The van der Waals surface area contributed by atoms with Crippen LogP contribution in [0.15, 0.2) is 91.8 Å². The number of benzene rings is 2. The van der Waals surface area contributed by atoms with Gasteiger partial charge in [-0.2, -0.15) is 0 Å². The van der Waals surface area contributed by atoms with Crippen molar-refractivity contribution in [3.63, 3.8) is 0 Å². The predicted octanol–water partition coefficient (Wildman–Crippen LogP) is 5.45. The fourth-order valence-corrected chi connectivity index (χ4v) is 4.50. The van der Waals surface area contributed by atoms with Crippen LogP contribution in [0.25, 0.3) is 0 Å². The monoisotopic (exact) mass is 506 g/mol. The molecule has 0 saturated heterocycles. The highest BCUT2D eigenvalue weighted by Gasteiger charge is 2.27. The van der Waals surface area contributed by atoms with Gasteiger partial charge in [-0.15, -0.1) is 0 Å². The topological polar surface area (TPSA) is 113 Å². The number of ether oxygens (including phenoxy) is 2. The van der Waals surface area contributed by atoms with Crippen LogP contribution in [0.4, 0.5) is 0 Å². The first-order valence-corrected chi connectivity index (χ1v) is 11.3. The summed E-state index contributed by atoms with van der Waals surface area (Å²) in [5, 5.41) is 0.161. The summed E-state index contributed by atoms with van der Waals surface area (Å²) >= 11 is 11.9. The average molecular weight is 507 g/mol. The predicted molar refractivity (Wildman–Crippen MR) is 116 cm³/mol. The lowest BCUT2D eigenvalue weighted by atomic mass is 10.3. The molecule has 0 fully saturated rings. The van der Waals surface area contributed by atoms with E-state index in [1.807, 2.05) is 0 Å². The van der Waals surface area contributed by atoms with Gasteiger partial charge >= 0.3 is 11.9 Å². The Morgan fingerprint density at radius 2 is 1.39 bits per heavy atom. The molecule has 2 aromatic heterocycles. The molecule has 8 nitrogen and oxygen atoms in total. The Balaban J connectivity index is 1.76. The van der Waals surface area contributed by atoms with Crippen LogP contribution in [0.5, 0.6) is 11.5 Å². The quantitative estimate of drug-likeness (QED) is 0.250. The van der Waals surface area contributed by atoms with Crippen molar-refractivity contribution in [2.75, 3.05) is 0 Å². The van der Waals surface area contributed by atoms with E-state index in [0.717, 1.165) is 12.1 Å². The van der Waals surface area contributed by atoms with Crippen LogP contribution in [-0.2, 0) is 9.84 Å². The number of halogens is 2. The smallest absolute Gasteiger partial charge is 0.379 e. The molecule has 33 heavy (non-hydrogen) atoms. The van der Waals surface area contributed by atoms with E-state index in [-0.39, 0.29) is 38.0 Å². The number of sulfone groups is 1. The van der Waals surface area contributed by atoms with Gasteiger partial charge in [-0.3, -0.25) is 0 Å². The minimum atomic E-state index is -4.30. The standard InChI is InChI=1S/C22H12Cl2O8S/c23-15-7-6-14(12-16(15)24)33(27,28)20-11-13(31-21(25)18-3-1-9-29-18)5-8-17(20)32-22(26)19-4-2-10-30-19/h1-12H. The van der Waals surface area contributed by atoms with Crippen molar-refractivity contribution in [3.8, 4) is 11.5 Å². The zero-order chi connectivity index (χ0) is 23.6. The van der Waals surface area contributed by atoms with Crippen LogP contribution >= 0.6 is 23.2 Å². The van der Waals surface area contributed by atoms with E-state index in [9.17, 15) is 18.0 Å². The minimum absolute atomic E-state index is 0.00673. The number of hydrogen-bond acceptors (Lipinski definition) is 8. The van der Waals surface area contributed by atoms with Gasteiger partial charge in [0.15, 0.2) is 5.75 Å². The van der Waals surface area contributed by atoms with Crippen molar-refractivity contribution in [2.45, 2.75) is 9.79 Å². The lowest BCUT2D eigenvalue weighted by Gasteiger charge is -2.13. The summed E-state index contributed by atoms with van der Waals surface area (Å²) in [6.45, 7) is 0. The Hall–Kier alpha value is -3.53. The first-order chi connectivity index (χ1) is 15.8. The number of carbonyl (C=O) groups excluding carboxylic acids is 2. The number of carbonyl (C=O) groups is 2. The zero-order valence-corrected chi connectivity index (χ0v) is 18.7. The van der Waals surface area contributed by atoms with E-state index >= 15 is 0 Å². The van der Waals surface area contributed by atoms with Crippen LogP contribution in [0, 0.1) is 0 Å². The summed E-state index contributed by atoms with van der Waals surface area (Å²) in [4.78, 5) is 23.9. The second kappa shape index (κ2) is 9.14. The van der Waals surface area contributed by atoms with Crippen molar-refractivity contribution >= 4 is 45.0 Å². The highest BCUT2D eigenvalue weighted by Crippen LogP contribution is 2.35. The third-order valence-electron chi connectivity index (χ3n) is 4.26. The van der Waals surface area contributed by atoms with E-state index in [1.165, 1.54) is 61.1 Å². The average Bonchev–Trinajstić information content (AvgIpc) is 3.51. The van der Waals surface area contributed by atoms with Crippen LogP contribution in [0.3, 0.4) is 0 Å². The number of esters is 2. The molecule has 0 spiro atoms. The summed E-state index contributed by atoms with van der Waals surface area (Å²) in [5.41, 5.74) is 0. The van der Waals surface area contributed by atoms with E-state index in [1.54, 1.807) is 0 Å². The molecule has 4 rings (SSSR count). The third-order valence-corrected chi connectivity index (χ3v) is 6.78. The molecule has 0 N–H and O–H groups in total. The van der Waals surface area contributed by atoms with Crippen molar-refractivity contribution in [1.82, 2.24) is 0 Å².